The summed E-state index contributed by atoms with van der Waals surface area (Å²) in [6.45, 7) is -0.174. The monoisotopic (exact) mass is 478 g/mol. The number of halogens is 11. The van der Waals surface area contributed by atoms with Crippen LogP contribution in [0.25, 0.3) is 11.1 Å². The molecule has 0 heterocycles. The fourth-order valence-corrected chi connectivity index (χ4v) is 3.80. The van der Waals surface area contributed by atoms with Crippen molar-refractivity contribution in [3.63, 3.8) is 0 Å². The Kier molecular flexibility index (Phi) is 4.99. The Labute approximate surface area is 173 Å². The van der Waals surface area contributed by atoms with E-state index >= 15 is 4.39 Å². The van der Waals surface area contributed by atoms with Crippen molar-refractivity contribution in [1.82, 2.24) is 0 Å². The molecule has 1 aliphatic rings. The third-order valence-corrected chi connectivity index (χ3v) is 5.65. The molecule has 1 saturated carbocycles. The molecule has 1 fully saturated rings. The molecular formula is C20H13F11O. The SMILES string of the molecule is CC(O)(c1ccccc1-c1ccccc1)C1(F)C(F)(F)C(F)(F)C(F)(F)C(F)(F)C1(F)F. The predicted octanol–water partition coefficient (Wildman–Crippen LogP) is 6.46. The molecule has 0 aromatic heterocycles. The molecule has 12 heteroatoms. The number of aliphatic hydroxyl groups is 1. The van der Waals surface area contributed by atoms with E-state index in [9.17, 15) is 49.0 Å². The quantitative estimate of drug-likeness (QED) is 0.503. The molecule has 3 rings (SSSR count). The molecule has 1 unspecified atom stereocenters. The first-order valence-corrected chi connectivity index (χ1v) is 8.79. The molecule has 2 aromatic carbocycles. The Morgan fingerprint density at radius 2 is 0.938 bits per heavy atom. The summed E-state index contributed by atoms with van der Waals surface area (Å²) in [6.07, 6.45) is 0. The largest absolute Gasteiger partial charge is 0.384 e. The van der Waals surface area contributed by atoms with Crippen LogP contribution < -0.4 is 0 Å². The highest BCUT2D eigenvalue weighted by Gasteiger charge is 3.03. The van der Waals surface area contributed by atoms with Gasteiger partial charge < -0.3 is 5.11 Å². The van der Waals surface area contributed by atoms with Crippen molar-refractivity contribution in [2.24, 2.45) is 0 Å². The number of benzene rings is 2. The van der Waals surface area contributed by atoms with Crippen molar-refractivity contribution in [3.8, 4) is 11.1 Å². The lowest BCUT2D eigenvalue weighted by Gasteiger charge is -2.56. The first-order valence-electron chi connectivity index (χ1n) is 8.79. The second kappa shape index (κ2) is 6.58. The van der Waals surface area contributed by atoms with Gasteiger partial charge in [0.1, 0.15) is 5.60 Å². The molecule has 32 heavy (non-hydrogen) atoms. The van der Waals surface area contributed by atoms with Gasteiger partial charge in [0.2, 0.25) is 0 Å². The lowest BCUT2D eigenvalue weighted by atomic mass is 9.62. The summed E-state index contributed by atoms with van der Waals surface area (Å²) in [7, 11) is 0. The fraction of sp³-hybridized carbons (Fsp3) is 0.400. The van der Waals surface area contributed by atoms with E-state index in [-0.39, 0.29) is 12.5 Å². The lowest BCUT2D eigenvalue weighted by Crippen LogP contribution is -2.87. The van der Waals surface area contributed by atoms with Crippen LogP contribution in [0.5, 0.6) is 0 Å². The van der Waals surface area contributed by atoms with E-state index in [0.717, 1.165) is 12.1 Å². The van der Waals surface area contributed by atoms with Crippen molar-refractivity contribution in [1.29, 1.82) is 0 Å². The normalized spacial score (nSPS) is 26.2. The molecule has 0 amide bonds. The van der Waals surface area contributed by atoms with E-state index in [1.54, 1.807) is 0 Å². The van der Waals surface area contributed by atoms with Crippen LogP contribution in [-0.2, 0) is 5.60 Å². The van der Waals surface area contributed by atoms with Crippen LogP contribution in [0.15, 0.2) is 54.6 Å². The maximum absolute atomic E-state index is 15.6. The van der Waals surface area contributed by atoms with Gasteiger partial charge in [-0.05, 0) is 23.6 Å². The van der Waals surface area contributed by atoms with Crippen molar-refractivity contribution in [2.75, 3.05) is 0 Å². The molecule has 1 nitrogen and oxygen atoms in total. The van der Waals surface area contributed by atoms with Crippen LogP contribution in [0.1, 0.15) is 12.5 Å². The highest BCUT2D eigenvalue weighted by Crippen LogP contribution is 2.72. The van der Waals surface area contributed by atoms with Crippen molar-refractivity contribution in [3.05, 3.63) is 60.2 Å². The predicted molar refractivity (Wildman–Crippen MR) is 90.0 cm³/mol. The minimum absolute atomic E-state index is 0.0294. The molecular weight excluding hydrogens is 465 g/mol. The Morgan fingerprint density at radius 3 is 1.41 bits per heavy atom. The standard InChI is InChI=1S/C20H13F11O/c1-14(32,13-10-6-5-9-12(13)11-7-3-2-4-8-11)15(21)16(22,23)18(26,27)20(30,31)19(28,29)17(15,24)25/h2-10,32H,1H3. The summed E-state index contributed by atoms with van der Waals surface area (Å²) in [5.74, 6) is -36.3. The van der Waals surface area contributed by atoms with Crippen molar-refractivity contribution >= 4 is 0 Å². The van der Waals surface area contributed by atoms with Gasteiger partial charge in [0.15, 0.2) is 0 Å². The number of alkyl halides is 11. The zero-order valence-electron chi connectivity index (χ0n) is 15.8. The zero-order chi connectivity index (χ0) is 24.6. The van der Waals surface area contributed by atoms with Crippen molar-refractivity contribution < 1.29 is 53.4 Å². The maximum Gasteiger partial charge on any atom is 0.384 e. The minimum atomic E-state index is -7.35. The fourth-order valence-electron chi connectivity index (χ4n) is 3.80. The van der Waals surface area contributed by atoms with Crippen LogP contribution in [0.2, 0.25) is 0 Å². The average Bonchev–Trinajstić information content (AvgIpc) is 2.72. The molecule has 0 radical (unpaired) electrons. The Bertz CT molecular complexity index is 985. The van der Waals surface area contributed by atoms with E-state index in [4.69, 9.17) is 0 Å². The summed E-state index contributed by atoms with van der Waals surface area (Å²) >= 11 is 0. The Balaban J connectivity index is 2.40. The topological polar surface area (TPSA) is 20.2 Å². The highest BCUT2D eigenvalue weighted by molar-refractivity contribution is 5.69. The average molecular weight is 478 g/mol. The first-order chi connectivity index (χ1) is 14.3. The third kappa shape index (κ3) is 2.44. The van der Waals surface area contributed by atoms with Gasteiger partial charge in [-0.25, -0.2) is 4.39 Å². The van der Waals surface area contributed by atoms with E-state index in [0.29, 0.717) is 6.07 Å². The van der Waals surface area contributed by atoms with E-state index in [1.165, 1.54) is 36.4 Å². The van der Waals surface area contributed by atoms with Gasteiger partial charge in [0, 0.05) is 0 Å². The molecule has 1 aliphatic carbocycles. The molecule has 0 saturated heterocycles. The highest BCUT2D eigenvalue weighted by atomic mass is 19.4. The summed E-state index contributed by atoms with van der Waals surface area (Å²) in [6, 6.07) is 10.2. The second-order valence-corrected chi connectivity index (χ2v) is 7.51. The lowest BCUT2D eigenvalue weighted by molar-refractivity contribution is -0.502. The smallest absolute Gasteiger partial charge is 0.382 e. The van der Waals surface area contributed by atoms with Crippen LogP contribution in [-0.4, -0.2) is 40.4 Å². The van der Waals surface area contributed by atoms with Crippen LogP contribution in [0.4, 0.5) is 48.3 Å². The van der Waals surface area contributed by atoms with E-state index in [1.807, 2.05) is 0 Å². The summed E-state index contributed by atoms with van der Waals surface area (Å²) in [5.41, 5.74) is -12.8. The van der Waals surface area contributed by atoms with E-state index < -0.39 is 52.0 Å². The number of hydrogen-bond donors (Lipinski definition) is 1. The summed E-state index contributed by atoms with van der Waals surface area (Å²) in [4.78, 5) is 0. The molecule has 0 bridgehead atoms. The van der Waals surface area contributed by atoms with E-state index in [2.05, 4.69) is 0 Å². The molecule has 1 atom stereocenters. The minimum Gasteiger partial charge on any atom is -0.382 e. The van der Waals surface area contributed by atoms with Gasteiger partial charge in [0.05, 0.1) is 0 Å². The van der Waals surface area contributed by atoms with Gasteiger partial charge in [0.25, 0.3) is 5.67 Å². The maximum atomic E-state index is 15.6. The van der Waals surface area contributed by atoms with Crippen molar-refractivity contribution in [2.45, 2.75) is 47.8 Å². The second-order valence-electron chi connectivity index (χ2n) is 7.51. The van der Waals surface area contributed by atoms with Gasteiger partial charge in [-0.15, -0.1) is 0 Å². The van der Waals surface area contributed by atoms with Gasteiger partial charge in [-0.1, -0.05) is 54.6 Å². The molecule has 176 valence electrons. The van der Waals surface area contributed by atoms with Crippen LogP contribution in [0.3, 0.4) is 0 Å². The number of hydrogen-bond acceptors (Lipinski definition) is 1. The van der Waals surface area contributed by atoms with Crippen LogP contribution in [0, 0.1) is 0 Å². The van der Waals surface area contributed by atoms with Crippen LogP contribution >= 0.6 is 0 Å². The molecule has 0 aliphatic heterocycles. The van der Waals surface area contributed by atoms with Gasteiger partial charge in [-0.3, -0.25) is 0 Å². The molecule has 0 spiro atoms. The molecule has 2 aromatic rings. The van der Waals surface area contributed by atoms with Gasteiger partial charge in [-0.2, -0.15) is 43.9 Å². The number of rotatable bonds is 3. The third-order valence-electron chi connectivity index (χ3n) is 5.65. The Hall–Kier alpha value is -2.37. The zero-order valence-corrected chi connectivity index (χ0v) is 15.8. The Morgan fingerprint density at radius 1 is 0.562 bits per heavy atom. The molecule has 1 N–H and O–H groups in total. The van der Waals surface area contributed by atoms with Gasteiger partial charge >= 0.3 is 29.6 Å². The summed E-state index contributed by atoms with van der Waals surface area (Å²) < 4.78 is 156. The summed E-state index contributed by atoms with van der Waals surface area (Å²) in [5, 5.41) is 10.6. The first kappa shape index (κ1) is 24.3.